The van der Waals surface area contributed by atoms with Crippen molar-refractivity contribution in [1.82, 2.24) is 10.3 Å². The zero-order chi connectivity index (χ0) is 16.9. The zero-order valence-electron chi connectivity index (χ0n) is 13.6. The molecule has 4 nitrogen and oxygen atoms in total. The Morgan fingerprint density at radius 3 is 2.61 bits per heavy atom. The first-order valence-electron chi connectivity index (χ1n) is 7.42. The summed E-state index contributed by atoms with van der Waals surface area (Å²) in [6, 6.07) is 9.76. The number of aromatic nitrogens is 1. The Kier molecular flexibility index (Phi) is 5.74. The second kappa shape index (κ2) is 7.57. The molecule has 0 aliphatic rings. The van der Waals surface area contributed by atoms with Crippen molar-refractivity contribution in [2.75, 3.05) is 7.11 Å². The van der Waals surface area contributed by atoms with E-state index in [1.807, 2.05) is 44.2 Å². The molecule has 0 saturated heterocycles. The van der Waals surface area contributed by atoms with E-state index in [1.54, 1.807) is 12.4 Å². The maximum atomic E-state index is 11.8. The van der Waals surface area contributed by atoms with Crippen molar-refractivity contribution in [3.63, 3.8) is 0 Å². The third-order valence-corrected chi connectivity index (χ3v) is 4.37. The minimum absolute atomic E-state index is 0.229. The number of carbonyl (C=O) groups is 1. The van der Waals surface area contributed by atoms with E-state index in [1.165, 1.54) is 7.11 Å². The van der Waals surface area contributed by atoms with E-state index >= 15 is 0 Å². The van der Waals surface area contributed by atoms with Crippen LogP contribution in [0.5, 0.6) is 0 Å². The quantitative estimate of drug-likeness (QED) is 0.821. The van der Waals surface area contributed by atoms with Crippen LogP contribution in [0.15, 0.2) is 42.7 Å². The molecular weight excluding hydrogens is 312 g/mol. The van der Waals surface area contributed by atoms with E-state index in [2.05, 4.69) is 10.3 Å². The lowest BCUT2D eigenvalue weighted by atomic mass is 9.89. The normalized spacial score (nSPS) is 13.4. The largest absolute Gasteiger partial charge is 0.469 e. The summed E-state index contributed by atoms with van der Waals surface area (Å²) in [6.07, 6.45) is 3.66. The lowest BCUT2D eigenvalue weighted by molar-refractivity contribution is -0.142. The van der Waals surface area contributed by atoms with E-state index in [-0.39, 0.29) is 12.4 Å². The fraction of sp³-hybridized carbons (Fsp3) is 0.333. The standard InChI is InChI=1S/C18H21ClN2O2/c1-13-4-5-14(10-16(13)19)12-21-18(2,11-17(22)23-3)15-6-8-20-9-7-15/h4-10,21H,11-12H2,1-3H3/t18-/m1/s1. The predicted molar refractivity (Wildman–Crippen MR) is 91.3 cm³/mol. The van der Waals surface area contributed by atoms with Gasteiger partial charge in [0, 0.05) is 24.0 Å². The third kappa shape index (κ3) is 4.53. The number of hydrogen-bond acceptors (Lipinski definition) is 4. The number of pyridine rings is 1. The van der Waals surface area contributed by atoms with Crippen LogP contribution in [0.4, 0.5) is 0 Å². The van der Waals surface area contributed by atoms with Crippen LogP contribution in [0.3, 0.4) is 0 Å². The molecule has 0 aliphatic carbocycles. The Morgan fingerprint density at radius 2 is 2.00 bits per heavy atom. The van der Waals surface area contributed by atoms with Crippen molar-refractivity contribution in [2.24, 2.45) is 0 Å². The molecule has 122 valence electrons. The molecule has 0 radical (unpaired) electrons. The van der Waals surface area contributed by atoms with Gasteiger partial charge in [-0.05, 0) is 48.7 Å². The summed E-state index contributed by atoms with van der Waals surface area (Å²) in [5.41, 5.74) is 2.54. The molecule has 2 rings (SSSR count). The molecule has 0 bridgehead atoms. The van der Waals surface area contributed by atoms with Crippen LogP contribution in [-0.4, -0.2) is 18.1 Å². The molecule has 0 saturated carbocycles. The number of aryl methyl sites for hydroxylation is 1. The lowest BCUT2D eigenvalue weighted by Crippen LogP contribution is -2.41. The number of ether oxygens (including phenoxy) is 1. The molecule has 1 heterocycles. The van der Waals surface area contributed by atoms with E-state index in [0.717, 1.165) is 21.7 Å². The maximum Gasteiger partial charge on any atom is 0.307 e. The van der Waals surface area contributed by atoms with Crippen LogP contribution in [-0.2, 0) is 21.6 Å². The number of hydrogen-bond donors (Lipinski definition) is 1. The van der Waals surface area contributed by atoms with Gasteiger partial charge < -0.3 is 10.1 Å². The Labute approximate surface area is 141 Å². The van der Waals surface area contributed by atoms with Crippen molar-refractivity contribution in [3.8, 4) is 0 Å². The highest BCUT2D eigenvalue weighted by Crippen LogP contribution is 2.26. The zero-order valence-corrected chi connectivity index (χ0v) is 14.4. The van der Waals surface area contributed by atoms with E-state index < -0.39 is 5.54 Å². The number of nitrogens with zero attached hydrogens (tertiary/aromatic N) is 1. The molecule has 1 N–H and O–H groups in total. The summed E-state index contributed by atoms with van der Waals surface area (Å²) in [5.74, 6) is -0.265. The molecule has 0 amide bonds. The van der Waals surface area contributed by atoms with Crippen LogP contribution in [0.1, 0.15) is 30.0 Å². The maximum absolute atomic E-state index is 11.8. The van der Waals surface area contributed by atoms with Crippen molar-refractivity contribution in [2.45, 2.75) is 32.4 Å². The van der Waals surface area contributed by atoms with E-state index in [9.17, 15) is 4.79 Å². The Hall–Kier alpha value is -1.91. The summed E-state index contributed by atoms with van der Waals surface area (Å²) in [4.78, 5) is 15.8. The number of nitrogens with one attached hydrogen (secondary N) is 1. The first-order valence-corrected chi connectivity index (χ1v) is 7.80. The molecule has 0 fully saturated rings. The van der Waals surface area contributed by atoms with Gasteiger partial charge in [0.25, 0.3) is 0 Å². The minimum atomic E-state index is -0.548. The Bertz CT molecular complexity index is 676. The molecule has 1 atom stereocenters. The van der Waals surface area contributed by atoms with Gasteiger partial charge in [-0.1, -0.05) is 23.7 Å². The van der Waals surface area contributed by atoms with Crippen LogP contribution < -0.4 is 5.32 Å². The highest BCUT2D eigenvalue weighted by molar-refractivity contribution is 6.31. The predicted octanol–water partition coefficient (Wildman–Crippen LogP) is 3.61. The molecule has 1 aromatic heterocycles. The highest BCUT2D eigenvalue weighted by atomic mass is 35.5. The number of methoxy groups -OCH3 is 1. The highest BCUT2D eigenvalue weighted by Gasteiger charge is 2.29. The van der Waals surface area contributed by atoms with Crippen LogP contribution >= 0.6 is 11.6 Å². The van der Waals surface area contributed by atoms with Crippen molar-refractivity contribution in [1.29, 1.82) is 0 Å². The fourth-order valence-electron chi connectivity index (χ4n) is 2.39. The summed E-state index contributed by atoms with van der Waals surface area (Å²) in [7, 11) is 1.40. The molecule has 0 spiro atoms. The fourth-order valence-corrected chi connectivity index (χ4v) is 2.59. The smallest absolute Gasteiger partial charge is 0.307 e. The van der Waals surface area contributed by atoms with Crippen molar-refractivity contribution < 1.29 is 9.53 Å². The van der Waals surface area contributed by atoms with Gasteiger partial charge in [0.1, 0.15) is 0 Å². The average Bonchev–Trinajstić information content (AvgIpc) is 2.56. The Morgan fingerprint density at radius 1 is 1.30 bits per heavy atom. The third-order valence-electron chi connectivity index (χ3n) is 3.96. The van der Waals surface area contributed by atoms with E-state index in [4.69, 9.17) is 16.3 Å². The number of esters is 1. The van der Waals surface area contributed by atoms with Gasteiger partial charge in [0.2, 0.25) is 0 Å². The number of benzene rings is 1. The summed E-state index contributed by atoms with van der Waals surface area (Å²) in [6.45, 7) is 4.54. The topological polar surface area (TPSA) is 51.2 Å². The van der Waals surface area contributed by atoms with Gasteiger partial charge in [-0.3, -0.25) is 9.78 Å². The second-order valence-electron chi connectivity index (χ2n) is 5.76. The minimum Gasteiger partial charge on any atom is -0.469 e. The number of rotatable bonds is 6. The van der Waals surface area contributed by atoms with Crippen molar-refractivity contribution >= 4 is 17.6 Å². The first-order chi connectivity index (χ1) is 10.9. The molecule has 0 aliphatic heterocycles. The molecule has 5 heteroatoms. The van der Waals surface area contributed by atoms with Crippen LogP contribution in [0.25, 0.3) is 0 Å². The lowest BCUT2D eigenvalue weighted by Gasteiger charge is -2.30. The molecule has 2 aromatic rings. The van der Waals surface area contributed by atoms with Gasteiger partial charge in [0.15, 0.2) is 0 Å². The van der Waals surface area contributed by atoms with Gasteiger partial charge in [-0.2, -0.15) is 0 Å². The molecule has 0 unspecified atom stereocenters. The average molecular weight is 333 g/mol. The monoisotopic (exact) mass is 332 g/mol. The van der Waals surface area contributed by atoms with Gasteiger partial charge in [-0.15, -0.1) is 0 Å². The second-order valence-corrected chi connectivity index (χ2v) is 6.17. The summed E-state index contributed by atoms with van der Waals surface area (Å²) in [5, 5.41) is 4.19. The van der Waals surface area contributed by atoms with Crippen molar-refractivity contribution in [3.05, 3.63) is 64.4 Å². The molecule has 1 aromatic carbocycles. The Balaban J connectivity index is 2.20. The first kappa shape index (κ1) is 17.4. The van der Waals surface area contributed by atoms with Crippen LogP contribution in [0.2, 0.25) is 5.02 Å². The SMILES string of the molecule is COC(=O)C[C@@](C)(NCc1ccc(C)c(Cl)c1)c1ccncc1. The van der Waals surface area contributed by atoms with Crippen LogP contribution in [0, 0.1) is 6.92 Å². The van der Waals surface area contributed by atoms with E-state index in [0.29, 0.717) is 6.54 Å². The molecular formula is C18H21ClN2O2. The van der Waals surface area contributed by atoms with Gasteiger partial charge >= 0.3 is 5.97 Å². The number of carbonyl (C=O) groups excluding carboxylic acids is 1. The number of halogens is 1. The van der Waals surface area contributed by atoms with Gasteiger partial charge in [0.05, 0.1) is 19.1 Å². The summed E-state index contributed by atoms with van der Waals surface area (Å²) >= 11 is 6.18. The van der Waals surface area contributed by atoms with Gasteiger partial charge in [-0.25, -0.2) is 0 Å². The summed E-state index contributed by atoms with van der Waals surface area (Å²) < 4.78 is 4.84. The molecule has 23 heavy (non-hydrogen) atoms.